The smallest absolute Gasteiger partial charge is 0.0868 e. The van der Waals surface area contributed by atoms with Crippen LogP contribution in [0.3, 0.4) is 0 Å². The Bertz CT molecular complexity index is 115. The third kappa shape index (κ3) is 2.84. The summed E-state index contributed by atoms with van der Waals surface area (Å²) >= 11 is 0. The molecule has 0 amide bonds. The van der Waals surface area contributed by atoms with Crippen LogP contribution in [0.4, 0.5) is 0 Å². The standard InChI is InChI=1S/C8H16N2/c1-4-8(3)10(5-2)7-6-9/h8H,4-5,7H2,1-3H3. The fraction of sp³-hybridized carbons (Fsp3) is 0.875. The van der Waals surface area contributed by atoms with E-state index < -0.39 is 0 Å². The van der Waals surface area contributed by atoms with Crippen LogP contribution in [-0.4, -0.2) is 24.0 Å². The van der Waals surface area contributed by atoms with Gasteiger partial charge in [-0.05, 0) is 19.9 Å². The summed E-state index contributed by atoms with van der Waals surface area (Å²) in [5.41, 5.74) is 0. The van der Waals surface area contributed by atoms with E-state index in [0.29, 0.717) is 12.6 Å². The van der Waals surface area contributed by atoms with Gasteiger partial charge in [0.05, 0.1) is 12.6 Å². The minimum atomic E-state index is 0.546. The molecule has 0 bridgehead atoms. The lowest BCUT2D eigenvalue weighted by Gasteiger charge is -2.23. The zero-order chi connectivity index (χ0) is 7.98. The molecule has 0 aromatic carbocycles. The first kappa shape index (κ1) is 9.45. The highest BCUT2D eigenvalue weighted by Gasteiger charge is 2.07. The van der Waals surface area contributed by atoms with Gasteiger partial charge in [0.1, 0.15) is 0 Å². The quantitative estimate of drug-likeness (QED) is 0.555. The maximum Gasteiger partial charge on any atom is 0.0868 e. The predicted molar refractivity (Wildman–Crippen MR) is 42.6 cm³/mol. The molecule has 0 aliphatic rings. The third-order valence-corrected chi connectivity index (χ3v) is 1.89. The van der Waals surface area contributed by atoms with Crippen LogP contribution in [0, 0.1) is 11.3 Å². The number of nitriles is 1. The highest BCUT2D eigenvalue weighted by molar-refractivity contribution is 4.78. The van der Waals surface area contributed by atoms with Crippen molar-refractivity contribution in [3.05, 3.63) is 0 Å². The second-order valence-electron chi connectivity index (χ2n) is 2.48. The van der Waals surface area contributed by atoms with E-state index in [0.717, 1.165) is 13.0 Å². The van der Waals surface area contributed by atoms with Gasteiger partial charge in [-0.2, -0.15) is 5.26 Å². The van der Waals surface area contributed by atoms with Crippen LogP contribution in [0.1, 0.15) is 27.2 Å². The average molecular weight is 140 g/mol. The van der Waals surface area contributed by atoms with Crippen LogP contribution in [0.2, 0.25) is 0 Å². The molecule has 0 aromatic heterocycles. The second kappa shape index (κ2) is 5.25. The molecule has 1 unspecified atom stereocenters. The molecule has 0 heterocycles. The lowest BCUT2D eigenvalue weighted by atomic mass is 10.2. The first-order valence-electron chi connectivity index (χ1n) is 3.87. The van der Waals surface area contributed by atoms with Crippen molar-refractivity contribution in [3.63, 3.8) is 0 Å². The van der Waals surface area contributed by atoms with Gasteiger partial charge in [0.25, 0.3) is 0 Å². The molecule has 2 nitrogen and oxygen atoms in total. The Morgan fingerprint density at radius 2 is 2.10 bits per heavy atom. The van der Waals surface area contributed by atoms with Crippen molar-refractivity contribution in [2.45, 2.75) is 33.2 Å². The van der Waals surface area contributed by atoms with Crippen LogP contribution in [0.15, 0.2) is 0 Å². The molecule has 0 aliphatic heterocycles. The topological polar surface area (TPSA) is 27.0 Å². The minimum absolute atomic E-state index is 0.546. The molecule has 2 heteroatoms. The van der Waals surface area contributed by atoms with Crippen LogP contribution in [0.25, 0.3) is 0 Å². The Morgan fingerprint density at radius 3 is 2.40 bits per heavy atom. The molecule has 0 rings (SSSR count). The molecular weight excluding hydrogens is 124 g/mol. The fourth-order valence-electron chi connectivity index (χ4n) is 0.928. The van der Waals surface area contributed by atoms with Gasteiger partial charge in [-0.3, -0.25) is 4.90 Å². The van der Waals surface area contributed by atoms with Crippen LogP contribution in [0.5, 0.6) is 0 Å². The second-order valence-corrected chi connectivity index (χ2v) is 2.48. The summed E-state index contributed by atoms with van der Waals surface area (Å²) < 4.78 is 0. The van der Waals surface area contributed by atoms with Crippen molar-refractivity contribution < 1.29 is 0 Å². The summed E-state index contributed by atoms with van der Waals surface area (Å²) in [5, 5.41) is 8.42. The molecule has 10 heavy (non-hydrogen) atoms. The van der Waals surface area contributed by atoms with Crippen molar-refractivity contribution in [1.29, 1.82) is 5.26 Å². The molecule has 0 aromatic rings. The highest BCUT2D eigenvalue weighted by atomic mass is 15.1. The molecule has 0 spiro atoms. The van der Waals surface area contributed by atoms with Gasteiger partial charge in [0.15, 0.2) is 0 Å². The Labute approximate surface area is 63.4 Å². The zero-order valence-electron chi connectivity index (χ0n) is 7.09. The summed E-state index contributed by atoms with van der Waals surface area (Å²) in [6.45, 7) is 7.92. The van der Waals surface area contributed by atoms with E-state index in [9.17, 15) is 0 Å². The van der Waals surface area contributed by atoms with E-state index in [4.69, 9.17) is 5.26 Å². The molecular formula is C8H16N2. The Kier molecular flexibility index (Phi) is 4.96. The Morgan fingerprint density at radius 1 is 1.50 bits per heavy atom. The van der Waals surface area contributed by atoms with E-state index in [2.05, 4.69) is 31.7 Å². The van der Waals surface area contributed by atoms with Gasteiger partial charge >= 0.3 is 0 Å². The molecule has 0 aliphatic carbocycles. The van der Waals surface area contributed by atoms with E-state index >= 15 is 0 Å². The van der Waals surface area contributed by atoms with Gasteiger partial charge in [-0.1, -0.05) is 13.8 Å². The highest BCUT2D eigenvalue weighted by Crippen LogP contribution is 2.00. The van der Waals surface area contributed by atoms with Gasteiger partial charge in [0, 0.05) is 6.04 Å². The van der Waals surface area contributed by atoms with E-state index in [1.165, 1.54) is 0 Å². The van der Waals surface area contributed by atoms with E-state index in [-0.39, 0.29) is 0 Å². The van der Waals surface area contributed by atoms with Gasteiger partial charge in [0.2, 0.25) is 0 Å². The van der Waals surface area contributed by atoms with Gasteiger partial charge < -0.3 is 0 Å². The summed E-state index contributed by atoms with van der Waals surface area (Å²) in [5.74, 6) is 0. The Balaban J connectivity index is 3.70. The monoisotopic (exact) mass is 140 g/mol. The molecule has 0 saturated heterocycles. The van der Waals surface area contributed by atoms with E-state index in [1.807, 2.05) is 0 Å². The SMILES string of the molecule is CCC(C)N(CC)CC#N. The maximum absolute atomic E-state index is 8.42. The van der Waals surface area contributed by atoms with Crippen molar-refractivity contribution in [1.82, 2.24) is 4.90 Å². The number of nitrogens with zero attached hydrogens (tertiary/aromatic N) is 2. The number of hydrogen-bond donors (Lipinski definition) is 0. The number of hydrogen-bond acceptors (Lipinski definition) is 2. The lowest BCUT2D eigenvalue weighted by Crippen LogP contribution is -2.32. The normalized spacial score (nSPS) is 13.1. The molecule has 0 fully saturated rings. The van der Waals surface area contributed by atoms with Crippen molar-refractivity contribution >= 4 is 0 Å². The molecule has 0 saturated carbocycles. The van der Waals surface area contributed by atoms with E-state index in [1.54, 1.807) is 0 Å². The van der Waals surface area contributed by atoms with Crippen molar-refractivity contribution in [3.8, 4) is 6.07 Å². The lowest BCUT2D eigenvalue weighted by molar-refractivity contribution is 0.241. The summed E-state index contributed by atoms with van der Waals surface area (Å²) in [4.78, 5) is 2.17. The molecule has 0 N–H and O–H groups in total. The first-order chi connectivity index (χ1) is 4.76. The maximum atomic E-state index is 8.42. The molecule has 0 radical (unpaired) electrons. The van der Waals surface area contributed by atoms with Crippen LogP contribution >= 0.6 is 0 Å². The first-order valence-corrected chi connectivity index (χ1v) is 3.87. The Hall–Kier alpha value is -0.550. The van der Waals surface area contributed by atoms with Crippen molar-refractivity contribution in [2.24, 2.45) is 0 Å². The van der Waals surface area contributed by atoms with Crippen LogP contribution < -0.4 is 0 Å². The largest absolute Gasteiger partial charge is 0.288 e. The number of rotatable bonds is 4. The third-order valence-electron chi connectivity index (χ3n) is 1.89. The zero-order valence-corrected chi connectivity index (χ0v) is 7.09. The minimum Gasteiger partial charge on any atom is -0.288 e. The predicted octanol–water partition coefficient (Wildman–Crippen LogP) is 1.63. The molecule has 1 atom stereocenters. The van der Waals surface area contributed by atoms with Gasteiger partial charge in [-0.15, -0.1) is 0 Å². The van der Waals surface area contributed by atoms with Crippen LogP contribution in [-0.2, 0) is 0 Å². The molecule has 58 valence electrons. The fourth-order valence-corrected chi connectivity index (χ4v) is 0.928. The summed E-state index contributed by atoms with van der Waals surface area (Å²) in [7, 11) is 0. The summed E-state index contributed by atoms with van der Waals surface area (Å²) in [6.07, 6.45) is 1.12. The van der Waals surface area contributed by atoms with Crippen molar-refractivity contribution in [2.75, 3.05) is 13.1 Å². The summed E-state index contributed by atoms with van der Waals surface area (Å²) in [6, 6.07) is 2.71. The average Bonchev–Trinajstić information content (AvgIpc) is 1.99. The van der Waals surface area contributed by atoms with Gasteiger partial charge in [-0.25, -0.2) is 0 Å².